The van der Waals surface area contributed by atoms with Crippen LogP contribution in [0.4, 0.5) is 0 Å². The zero-order chi connectivity index (χ0) is 4.83. The van der Waals surface area contributed by atoms with Gasteiger partial charge >= 0.3 is 0 Å². The number of carbonyl (C=O) groups is 2. The maximum absolute atomic E-state index is 9.32. The van der Waals surface area contributed by atoms with Gasteiger partial charge in [-0.2, -0.15) is 0 Å². The van der Waals surface area contributed by atoms with Crippen molar-refractivity contribution in [3.63, 3.8) is 0 Å². The Bertz CT molecular complexity index is 63.6. The van der Waals surface area contributed by atoms with Gasteiger partial charge in [0, 0.05) is 0 Å². The first kappa shape index (κ1) is 5.08. The molecule has 6 heavy (non-hydrogen) atoms. The van der Waals surface area contributed by atoms with Gasteiger partial charge in [-0.15, -0.1) is 0 Å². The third-order valence-corrected chi connectivity index (χ3v) is 0.268. The molecule has 0 saturated carbocycles. The molecule has 0 fully saturated rings. The zero-order valence-corrected chi connectivity index (χ0v) is 3.13. The van der Waals surface area contributed by atoms with E-state index in [1.165, 1.54) is 0 Å². The molecular weight excluding hydrogens is 80.0 g/mol. The monoisotopic (exact) mass is 84.0 g/mol. The van der Waals surface area contributed by atoms with Crippen LogP contribution in [0.2, 0.25) is 0 Å². The summed E-state index contributed by atoms with van der Waals surface area (Å²) in [6.45, 7) is 0. The van der Waals surface area contributed by atoms with Gasteiger partial charge in [-0.1, -0.05) is 0 Å². The first-order chi connectivity index (χ1) is 2.91. The molecule has 0 aromatic carbocycles. The average Bonchev–Trinajstić information content (AvgIpc) is 1.61. The first-order valence-corrected chi connectivity index (χ1v) is 1.47. The summed E-state index contributed by atoms with van der Waals surface area (Å²) in [6, 6.07) is 0. The summed E-state index contributed by atoms with van der Waals surface area (Å²) in [4.78, 5) is 18.6. The lowest BCUT2D eigenvalue weighted by molar-refractivity contribution is -0.106. The molecule has 0 aliphatic rings. The molecular formula is C4H4O2. The van der Waals surface area contributed by atoms with E-state index in [0.717, 1.165) is 12.2 Å². The lowest BCUT2D eigenvalue weighted by Gasteiger charge is -1.52. The highest BCUT2D eigenvalue weighted by atomic mass is 16.1. The molecule has 0 radical (unpaired) electrons. The lowest BCUT2D eigenvalue weighted by Crippen LogP contribution is -1.59. The van der Waals surface area contributed by atoms with Crippen LogP contribution >= 0.6 is 0 Å². The maximum atomic E-state index is 9.32. The van der Waals surface area contributed by atoms with Gasteiger partial charge in [0.25, 0.3) is 0 Å². The number of carbonyl (C=O) groups excluding carboxylic acids is 2. The molecule has 0 N–H and O–H groups in total. The van der Waals surface area contributed by atoms with E-state index < -0.39 is 0 Å². The van der Waals surface area contributed by atoms with E-state index in [9.17, 15) is 9.59 Å². The number of allylic oxidation sites excluding steroid dienone is 2. The SMILES string of the molecule is O=C/C=C\C=O. The highest BCUT2D eigenvalue weighted by Crippen LogP contribution is 1.53. The van der Waals surface area contributed by atoms with Gasteiger partial charge in [0.05, 0.1) is 0 Å². The Balaban J connectivity index is 3.17. The van der Waals surface area contributed by atoms with Crippen LogP contribution in [0.15, 0.2) is 12.2 Å². The minimum absolute atomic E-state index is 0.550. The van der Waals surface area contributed by atoms with E-state index >= 15 is 0 Å². The van der Waals surface area contributed by atoms with Gasteiger partial charge in [-0.25, -0.2) is 0 Å². The summed E-state index contributed by atoms with van der Waals surface area (Å²) < 4.78 is 0. The second kappa shape index (κ2) is 4.08. The van der Waals surface area contributed by atoms with Crippen molar-refractivity contribution in [2.24, 2.45) is 0 Å². The van der Waals surface area contributed by atoms with Crippen LogP contribution in [0, 0.1) is 0 Å². The Hall–Kier alpha value is -0.920. The second-order valence-electron chi connectivity index (χ2n) is 0.657. The molecule has 0 aromatic heterocycles. The van der Waals surface area contributed by atoms with Crippen molar-refractivity contribution >= 4 is 12.6 Å². The fourth-order valence-corrected chi connectivity index (χ4v) is 0.0907. The van der Waals surface area contributed by atoms with Crippen LogP contribution in [-0.2, 0) is 9.59 Å². The first-order valence-electron chi connectivity index (χ1n) is 1.47. The van der Waals surface area contributed by atoms with Gasteiger partial charge < -0.3 is 0 Å². The smallest absolute Gasteiger partial charge is 0.142 e. The molecule has 0 atom stereocenters. The van der Waals surface area contributed by atoms with Crippen LogP contribution in [0.5, 0.6) is 0 Å². The third kappa shape index (κ3) is 3.08. The van der Waals surface area contributed by atoms with Crippen LogP contribution < -0.4 is 0 Å². The molecule has 0 amide bonds. The molecule has 0 aromatic rings. The Kier molecular flexibility index (Phi) is 3.45. The molecule has 0 aliphatic carbocycles. The van der Waals surface area contributed by atoms with Crippen LogP contribution in [0.25, 0.3) is 0 Å². The largest absolute Gasteiger partial charge is 0.299 e. The Morgan fingerprint density at radius 2 is 1.17 bits per heavy atom. The summed E-state index contributed by atoms with van der Waals surface area (Å²) in [7, 11) is 0. The fraction of sp³-hybridized carbons (Fsp3) is 0. The van der Waals surface area contributed by atoms with E-state index in [1.54, 1.807) is 0 Å². The quantitative estimate of drug-likeness (QED) is 0.347. The molecule has 2 heteroatoms. The lowest BCUT2D eigenvalue weighted by atomic mass is 10.6. The van der Waals surface area contributed by atoms with Crippen molar-refractivity contribution in [3.8, 4) is 0 Å². The molecule has 0 saturated heterocycles. The van der Waals surface area contributed by atoms with Gasteiger partial charge in [0.15, 0.2) is 0 Å². The van der Waals surface area contributed by atoms with E-state index in [2.05, 4.69) is 0 Å². The summed E-state index contributed by atoms with van der Waals surface area (Å²) in [5.74, 6) is 0. The van der Waals surface area contributed by atoms with Crippen molar-refractivity contribution in [2.45, 2.75) is 0 Å². The summed E-state index contributed by atoms with van der Waals surface area (Å²) in [5, 5.41) is 0. The minimum atomic E-state index is 0.550. The Labute approximate surface area is 35.5 Å². The molecule has 0 rings (SSSR count). The summed E-state index contributed by atoms with van der Waals surface area (Å²) in [5.41, 5.74) is 0. The van der Waals surface area contributed by atoms with E-state index in [4.69, 9.17) is 0 Å². The molecule has 0 spiro atoms. The number of hydrogen-bond donors (Lipinski definition) is 0. The average molecular weight is 84.1 g/mol. The highest BCUT2D eigenvalue weighted by molar-refractivity contribution is 5.75. The van der Waals surface area contributed by atoms with Gasteiger partial charge in [0.2, 0.25) is 0 Å². The predicted octanol–water partition coefficient (Wildman–Crippen LogP) is -0.0596. The maximum Gasteiger partial charge on any atom is 0.142 e. The van der Waals surface area contributed by atoms with Crippen molar-refractivity contribution in [1.82, 2.24) is 0 Å². The second-order valence-corrected chi connectivity index (χ2v) is 0.657. The van der Waals surface area contributed by atoms with E-state index in [1.807, 2.05) is 0 Å². The molecule has 0 aliphatic heterocycles. The van der Waals surface area contributed by atoms with Crippen LogP contribution in [0.3, 0.4) is 0 Å². The topological polar surface area (TPSA) is 34.1 Å². The van der Waals surface area contributed by atoms with Gasteiger partial charge in [-0.05, 0) is 12.2 Å². The van der Waals surface area contributed by atoms with Gasteiger partial charge in [-0.3, -0.25) is 9.59 Å². The number of hydrogen-bond acceptors (Lipinski definition) is 2. The minimum Gasteiger partial charge on any atom is -0.299 e. The van der Waals surface area contributed by atoms with Crippen molar-refractivity contribution < 1.29 is 9.59 Å². The number of rotatable bonds is 2. The van der Waals surface area contributed by atoms with E-state index in [0.29, 0.717) is 12.6 Å². The van der Waals surface area contributed by atoms with Gasteiger partial charge in [0.1, 0.15) is 12.6 Å². The summed E-state index contributed by atoms with van der Waals surface area (Å²) >= 11 is 0. The zero-order valence-electron chi connectivity index (χ0n) is 3.13. The van der Waals surface area contributed by atoms with Crippen molar-refractivity contribution in [1.29, 1.82) is 0 Å². The standard InChI is InChI=1S/C4H4O2/c5-3-1-2-4-6/h1-4H/b2-1-. The predicted molar refractivity (Wildman–Crippen MR) is 21.3 cm³/mol. The van der Waals surface area contributed by atoms with E-state index in [-0.39, 0.29) is 0 Å². The molecule has 0 unspecified atom stereocenters. The normalized spacial score (nSPS) is 8.67. The molecule has 2 nitrogen and oxygen atoms in total. The third-order valence-electron chi connectivity index (χ3n) is 0.268. The Morgan fingerprint density at radius 3 is 1.33 bits per heavy atom. The fourth-order valence-electron chi connectivity index (χ4n) is 0.0907. The highest BCUT2D eigenvalue weighted by Gasteiger charge is 1.56. The molecule has 0 bridgehead atoms. The Morgan fingerprint density at radius 1 is 0.833 bits per heavy atom. The van der Waals surface area contributed by atoms with Crippen molar-refractivity contribution in [2.75, 3.05) is 0 Å². The number of aldehydes is 2. The molecule has 32 valence electrons. The van der Waals surface area contributed by atoms with Crippen molar-refractivity contribution in [3.05, 3.63) is 12.2 Å². The van der Waals surface area contributed by atoms with Crippen LogP contribution in [-0.4, -0.2) is 12.6 Å². The summed E-state index contributed by atoms with van der Waals surface area (Å²) in [6.07, 6.45) is 3.36. The van der Waals surface area contributed by atoms with Crippen LogP contribution in [0.1, 0.15) is 0 Å². The molecule has 0 heterocycles.